The Balaban J connectivity index is 2.68. The molecule has 27 heavy (non-hydrogen) atoms. The van der Waals surface area contributed by atoms with Gasteiger partial charge in [0.2, 0.25) is 0 Å². The number of carbonyl (C=O) groups excluding carboxylic acids is 1. The smallest absolute Gasteiger partial charge is 0.311 e. The number of aryl methyl sites for hydroxylation is 1. The van der Waals surface area contributed by atoms with E-state index in [2.05, 4.69) is 12.2 Å². The molecule has 2 N–H and O–H groups in total. The summed E-state index contributed by atoms with van der Waals surface area (Å²) >= 11 is 0. The second-order valence-corrected chi connectivity index (χ2v) is 7.58. The van der Waals surface area contributed by atoms with Gasteiger partial charge in [0.05, 0.1) is 0 Å². The number of hydrogen-bond donors (Lipinski definition) is 2. The minimum atomic E-state index is -0.576. The SMILES string of the molecule is CCCCCCC(=O)Oc1c(C)cc(OC[C@H](O)CNC(C)C)c(C)c1C. The highest BCUT2D eigenvalue weighted by Crippen LogP contribution is 2.33. The van der Waals surface area contributed by atoms with Crippen molar-refractivity contribution in [3.63, 3.8) is 0 Å². The fraction of sp³-hybridized carbons (Fsp3) is 0.682. The summed E-state index contributed by atoms with van der Waals surface area (Å²) in [5, 5.41) is 13.2. The molecule has 1 rings (SSSR count). The Morgan fingerprint density at radius 3 is 2.48 bits per heavy atom. The zero-order valence-electron chi connectivity index (χ0n) is 17.9. The molecule has 0 aliphatic rings. The van der Waals surface area contributed by atoms with Gasteiger partial charge in [-0.3, -0.25) is 4.79 Å². The highest BCUT2D eigenvalue weighted by Gasteiger charge is 2.16. The molecule has 0 saturated heterocycles. The van der Waals surface area contributed by atoms with E-state index >= 15 is 0 Å². The number of esters is 1. The Labute approximate surface area is 164 Å². The Hall–Kier alpha value is -1.59. The molecule has 0 bridgehead atoms. The van der Waals surface area contributed by atoms with Crippen molar-refractivity contribution >= 4 is 5.97 Å². The first kappa shape index (κ1) is 23.4. The van der Waals surface area contributed by atoms with Gasteiger partial charge in [-0.1, -0.05) is 40.0 Å². The number of benzene rings is 1. The van der Waals surface area contributed by atoms with Crippen LogP contribution in [0.2, 0.25) is 0 Å². The van der Waals surface area contributed by atoms with Gasteiger partial charge in [-0.2, -0.15) is 0 Å². The van der Waals surface area contributed by atoms with Crippen LogP contribution < -0.4 is 14.8 Å². The minimum absolute atomic E-state index is 0.180. The standard InChI is InChI=1S/C22H37NO4/c1-7-8-9-10-11-21(25)27-22-16(4)12-20(17(5)18(22)6)26-14-19(24)13-23-15(2)3/h12,15,19,23-24H,7-11,13-14H2,1-6H3/t19-/m1/s1. The van der Waals surface area contributed by atoms with Crippen LogP contribution in [0.5, 0.6) is 11.5 Å². The molecule has 0 heterocycles. The first-order valence-electron chi connectivity index (χ1n) is 10.1. The van der Waals surface area contributed by atoms with Crippen LogP contribution >= 0.6 is 0 Å². The van der Waals surface area contributed by atoms with E-state index in [9.17, 15) is 9.90 Å². The van der Waals surface area contributed by atoms with Gasteiger partial charge in [-0.05, 0) is 49.9 Å². The molecule has 5 heteroatoms. The monoisotopic (exact) mass is 379 g/mol. The zero-order chi connectivity index (χ0) is 20.4. The molecule has 0 amide bonds. The van der Waals surface area contributed by atoms with E-state index in [0.29, 0.717) is 24.8 Å². The van der Waals surface area contributed by atoms with Crippen LogP contribution in [0.15, 0.2) is 6.07 Å². The van der Waals surface area contributed by atoms with Crippen molar-refractivity contribution in [1.29, 1.82) is 0 Å². The molecular formula is C22H37NO4. The van der Waals surface area contributed by atoms with Crippen LogP contribution in [-0.4, -0.2) is 36.4 Å². The molecule has 0 fully saturated rings. The van der Waals surface area contributed by atoms with E-state index in [4.69, 9.17) is 9.47 Å². The van der Waals surface area contributed by atoms with Crippen molar-refractivity contribution in [2.45, 2.75) is 85.8 Å². The largest absolute Gasteiger partial charge is 0.491 e. The summed E-state index contributed by atoms with van der Waals surface area (Å²) in [4.78, 5) is 12.1. The molecule has 0 aromatic heterocycles. The van der Waals surface area contributed by atoms with Crippen molar-refractivity contribution in [3.05, 3.63) is 22.8 Å². The molecule has 1 aromatic rings. The maximum atomic E-state index is 12.1. The summed E-state index contributed by atoms with van der Waals surface area (Å²) in [6.45, 7) is 12.7. The molecule has 1 atom stereocenters. The van der Waals surface area contributed by atoms with Gasteiger partial charge in [0, 0.05) is 19.0 Å². The second-order valence-electron chi connectivity index (χ2n) is 7.58. The molecular weight excluding hydrogens is 342 g/mol. The molecule has 0 spiro atoms. The lowest BCUT2D eigenvalue weighted by Crippen LogP contribution is -2.35. The van der Waals surface area contributed by atoms with Gasteiger partial charge in [-0.25, -0.2) is 0 Å². The van der Waals surface area contributed by atoms with E-state index < -0.39 is 6.10 Å². The fourth-order valence-electron chi connectivity index (χ4n) is 2.81. The number of aliphatic hydroxyl groups excluding tert-OH is 1. The lowest BCUT2D eigenvalue weighted by atomic mass is 10.0. The maximum Gasteiger partial charge on any atom is 0.311 e. The Bertz CT molecular complexity index is 598. The normalized spacial score (nSPS) is 12.3. The highest BCUT2D eigenvalue weighted by atomic mass is 16.5. The molecule has 0 aliphatic carbocycles. The molecule has 1 aromatic carbocycles. The predicted octanol–water partition coefficient (Wildman–Crippen LogP) is 4.23. The predicted molar refractivity (Wildman–Crippen MR) is 110 cm³/mol. The quantitative estimate of drug-likeness (QED) is 0.323. The van der Waals surface area contributed by atoms with Crippen molar-refractivity contribution in [1.82, 2.24) is 5.32 Å². The summed E-state index contributed by atoms with van der Waals surface area (Å²) in [6.07, 6.45) is 4.10. The van der Waals surface area contributed by atoms with Gasteiger partial charge in [-0.15, -0.1) is 0 Å². The van der Waals surface area contributed by atoms with Gasteiger partial charge in [0.15, 0.2) is 0 Å². The molecule has 5 nitrogen and oxygen atoms in total. The van der Waals surface area contributed by atoms with Crippen LogP contribution in [0.3, 0.4) is 0 Å². The van der Waals surface area contributed by atoms with E-state index in [1.807, 2.05) is 40.7 Å². The maximum absolute atomic E-state index is 12.1. The summed E-state index contributed by atoms with van der Waals surface area (Å²) in [6, 6.07) is 2.20. The summed E-state index contributed by atoms with van der Waals surface area (Å²) in [5.41, 5.74) is 2.70. The zero-order valence-corrected chi connectivity index (χ0v) is 17.9. The number of hydrogen-bond acceptors (Lipinski definition) is 5. The van der Waals surface area contributed by atoms with Crippen LogP contribution in [-0.2, 0) is 4.79 Å². The molecule has 0 saturated carbocycles. The van der Waals surface area contributed by atoms with Gasteiger partial charge in [0.1, 0.15) is 24.2 Å². The molecule has 0 radical (unpaired) electrons. The lowest BCUT2D eigenvalue weighted by molar-refractivity contribution is -0.134. The first-order valence-corrected chi connectivity index (χ1v) is 10.1. The summed E-state index contributed by atoms with van der Waals surface area (Å²) in [5.74, 6) is 1.17. The number of rotatable bonds is 12. The number of ether oxygens (including phenoxy) is 2. The highest BCUT2D eigenvalue weighted by molar-refractivity contribution is 5.73. The molecule has 154 valence electrons. The van der Waals surface area contributed by atoms with Gasteiger partial charge >= 0.3 is 5.97 Å². The van der Waals surface area contributed by atoms with Crippen LogP contribution in [0.1, 0.15) is 69.6 Å². The van der Waals surface area contributed by atoms with Crippen molar-refractivity contribution < 1.29 is 19.4 Å². The third kappa shape index (κ3) is 8.31. The van der Waals surface area contributed by atoms with Crippen LogP contribution in [0.25, 0.3) is 0 Å². The van der Waals surface area contributed by atoms with Crippen molar-refractivity contribution in [3.8, 4) is 11.5 Å². The third-order valence-electron chi connectivity index (χ3n) is 4.62. The average molecular weight is 380 g/mol. The first-order chi connectivity index (χ1) is 12.8. The Kier molecular flexibility index (Phi) is 10.4. The number of unbranched alkanes of at least 4 members (excludes halogenated alkanes) is 3. The Morgan fingerprint density at radius 1 is 1.15 bits per heavy atom. The minimum Gasteiger partial charge on any atom is -0.491 e. The van der Waals surface area contributed by atoms with Crippen molar-refractivity contribution in [2.75, 3.05) is 13.2 Å². The number of aliphatic hydroxyl groups is 1. The second kappa shape index (κ2) is 12.0. The average Bonchev–Trinajstić information content (AvgIpc) is 2.62. The van der Waals surface area contributed by atoms with E-state index in [1.165, 1.54) is 0 Å². The Morgan fingerprint density at radius 2 is 1.85 bits per heavy atom. The molecule has 0 aliphatic heterocycles. The summed E-state index contributed by atoms with van der Waals surface area (Å²) < 4.78 is 11.4. The lowest BCUT2D eigenvalue weighted by Gasteiger charge is -2.19. The van der Waals surface area contributed by atoms with E-state index in [1.54, 1.807) is 0 Å². The van der Waals surface area contributed by atoms with E-state index in [0.717, 1.165) is 48.1 Å². The topological polar surface area (TPSA) is 67.8 Å². The van der Waals surface area contributed by atoms with E-state index in [-0.39, 0.29) is 12.6 Å². The fourth-order valence-corrected chi connectivity index (χ4v) is 2.81. The molecule has 0 unspecified atom stereocenters. The van der Waals surface area contributed by atoms with Crippen LogP contribution in [0.4, 0.5) is 0 Å². The third-order valence-corrected chi connectivity index (χ3v) is 4.62. The number of carbonyl (C=O) groups is 1. The van der Waals surface area contributed by atoms with Gasteiger partial charge in [0.25, 0.3) is 0 Å². The number of nitrogens with one attached hydrogen (secondary N) is 1. The summed E-state index contributed by atoms with van der Waals surface area (Å²) in [7, 11) is 0. The van der Waals surface area contributed by atoms with Crippen LogP contribution in [0, 0.1) is 20.8 Å². The van der Waals surface area contributed by atoms with Crippen molar-refractivity contribution in [2.24, 2.45) is 0 Å². The van der Waals surface area contributed by atoms with Gasteiger partial charge < -0.3 is 19.9 Å².